The first-order valence-corrected chi connectivity index (χ1v) is 11.6. The molecular formula is C24H30F2N4O5. The topological polar surface area (TPSA) is 107 Å². The summed E-state index contributed by atoms with van der Waals surface area (Å²) in [7, 11) is 3.40. The SMILES string of the molecule is COc1ccc2cc(C(=O)N3CCN(C(=O)[C@@H](OC(N)=O)C4CCC(F)(F)CC4)CC3)n(C)c2c1. The number of nitrogens with zero attached hydrogens (tertiary/aromatic N) is 3. The Morgan fingerprint density at radius 1 is 1.06 bits per heavy atom. The maximum absolute atomic E-state index is 13.6. The molecule has 1 aromatic carbocycles. The number of benzene rings is 1. The van der Waals surface area contributed by atoms with Crippen LogP contribution in [0.5, 0.6) is 5.75 Å². The number of primary amides is 1. The fourth-order valence-corrected chi connectivity index (χ4v) is 4.95. The van der Waals surface area contributed by atoms with Gasteiger partial charge in [0.25, 0.3) is 11.8 Å². The molecule has 11 heteroatoms. The lowest BCUT2D eigenvalue weighted by molar-refractivity contribution is -0.147. The number of hydrogen-bond donors (Lipinski definition) is 1. The number of alkyl halides is 2. The van der Waals surface area contributed by atoms with Crippen LogP contribution in [0.3, 0.4) is 0 Å². The van der Waals surface area contributed by atoms with E-state index in [9.17, 15) is 23.2 Å². The molecule has 2 heterocycles. The van der Waals surface area contributed by atoms with Crippen LogP contribution in [0.2, 0.25) is 0 Å². The summed E-state index contributed by atoms with van der Waals surface area (Å²) < 4.78 is 39.3. The lowest BCUT2D eigenvalue weighted by atomic mass is 9.82. The van der Waals surface area contributed by atoms with Crippen LogP contribution in [0.4, 0.5) is 13.6 Å². The van der Waals surface area contributed by atoms with Crippen LogP contribution < -0.4 is 10.5 Å². The van der Waals surface area contributed by atoms with Gasteiger partial charge >= 0.3 is 6.09 Å². The molecular weight excluding hydrogens is 462 g/mol. The van der Waals surface area contributed by atoms with E-state index in [1.165, 1.54) is 4.90 Å². The third-order valence-corrected chi connectivity index (χ3v) is 7.03. The Morgan fingerprint density at radius 3 is 2.29 bits per heavy atom. The Hall–Kier alpha value is -3.37. The van der Waals surface area contributed by atoms with Gasteiger partial charge in [-0.2, -0.15) is 0 Å². The van der Waals surface area contributed by atoms with Gasteiger partial charge in [0.1, 0.15) is 11.4 Å². The minimum atomic E-state index is -2.77. The second-order valence-corrected chi connectivity index (χ2v) is 9.18. The summed E-state index contributed by atoms with van der Waals surface area (Å²) in [5.74, 6) is -3.20. The average molecular weight is 493 g/mol. The van der Waals surface area contributed by atoms with Crippen LogP contribution in [0.15, 0.2) is 24.3 Å². The molecule has 35 heavy (non-hydrogen) atoms. The number of rotatable bonds is 5. The molecule has 190 valence electrons. The van der Waals surface area contributed by atoms with E-state index in [0.717, 1.165) is 10.9 Å². The van der Waals surface area contributed by atoms with Crippen LogP contribution in [-0.2, 0) is 16.6 Å². The van der Waals surface area contributed by atoms with Crippen molar-refractivity contribution in [3.63, 3.8) is 0 Å². The van der Waals surface area contributed by atoms with E-state index in [2.05, 4.69) is 0 Å². The Kier molecular flexibility index (Phi) is 6.86. The Labute approximate surface area is 201 Å². The smallest absolute Gasteiger partial charge is 0.405 e. The summed E-state index contributed by atoms with van der Waals surface area (Å²) in [6.07, 6.45) is -2.88. The molecule has 1 aliphatic carbocycles. The molecule has 1 aromatic heterocycles. The van der Waals surface area contributed by atoms with Gasteiger partial charge < -0.3 is 29.6 Å². The highest BCUT2D eigenvalue weighted by atomic mass is 19.3. The highest BCUT2D eigenvalue weighted by Gasteiger charge is 2.43. The van der Waals surface area contributed by atoms with Crippen LogP contribution in [-0.4, -0.2) is 77.6 Å². The molecule has 1 saturated heterocycles. The number of carbonyl (C=O) groups excluding carboxylic acids is 3. The van der Waals surface area contributed by atoms with Crippen LogP contribution in [0.25, 0.3) is 10.9 Å². The van der Waals surface area contributed by atoms with Crippen molar-refractivity contribution < 1.29 is 32.6 Å². The van der Waals surface area contributed by atoms with Crippen molar-refractivity contribution in [2.24, 2.45) is 18.7 Å². The fourth-order valence-electron chi connectivity index (χ4n) is 4.95. The number of carbonyl (C=O) groups is 3. The van der Waals surface area contributed by atoms with E-state index >= 15 is 0 Å². The molecule has 0 bridgehead atoms. The third kappa shape index (κ3) is 5.18. The van der Waals surface area contributed by atoms with Crippen LogP contribution in [0.1, 0.15) is 36.2 Å². The summed E-state index contributed by atoms with van der Waals surface area (Å²) in [5, 5.41) is 0.912. The van der Waals surface area contributed by atoms with Gasteiger partial charge in [0.05, 0.1) is 12.6 Å². The maximum Gasteiger partial charge on any atom is 0.405 e. The van der Waals surface area contributed by atoms with E-state index in [0.29, 0.717) is 24.5 Å². The van der Waals surface area contributed by atoms with Crippen molar-refractivity contribution in [1.29, 1.82) is 0 Å². The Morgan fingerprint density at radius 2 is 1.69 bits per heavy atom. The first-order valence-electron chi connectivity index (χ1n) is 11.6. The molecule has 2 aliphatic rings. The van der Waals surface area contributed by atoms with E-state index in [-0.39, 0.29) is 44.7 Å². The molecule has 4 rings (SSSR count). The second-order valence-electron chi connectivity index (χ2n) is 9.18. The van der Waals surface area contributed by atoms with E-state index in [1.54, 1.807) is 12.0 Å². The predicted octanol–water partition coefficient (Wildman–Crippen LogP) is 2.76. The lowest BCUT2D eigenvalue weighted by Gasteiger charge is -2.38. The van der Waals surface area contributed by atoms with Crippen LogP contribution >= 0.6 is 0 Å². The molecule has 2 aromatic rings. The van der Waals surface area contributed by atoms with Gasteiger partial charge in [0.15, 0.2) is 6.10 Å². The minimum absolute atomic E-state index is 0.0704. The lowest BCUT2D eigenvalue weighted by Crippen LogP contribution is -2.55. The number of fused-ring (bicyclic) bond motifs is 1. The fraction of sp³-hybridized carbons (Fsp3) is 0.542. The molecule has 0 radical (unpaired) electrons. The number of aromatic nitrogens is 1. The molecule has 0 spiro atoms. The van der Waals surface area contributed by atoms with Crippen molar-refractivity contribution in [2.75, 3.05) is 33.3 Å². The van der Waals surface area contributed by atoms with Gasteiger partial charge in [-0.25, -0.2) is 13.6 Å². The van der Waals surface area contributed by atoms with Gasteiger partial charge in [0, 0.05) is 63.4 Å². The molecule has 2 fully saturated rings. The van der Waals surface area contributed by atoms with Gasteiger partial charge in [-0.05, 0) is 31.0 Å². The quantitative estimate of drug-likeness (QED) is 0.691. The van der Waals surface area contributed by atoms with Crippen LogP contribution in [0, 0.1) is 5.92 Å². The molecule has 9 nitrogen and oxygen atoms in total. The second kappa shape index (κ2) is 9.71. The summed E-state index contributed by atoms with van der Waals surface area (Å²) in [5.41, 5.74) is 6.55. The Bertz CT molecular complexity index is 1120. The van der Waals surface area contributed by atoms with Gasteiger partial charge in [-0.3, -0.25) is 9.59 Å². The number of hydrogen-bond acceptors (Lipinski definition) is 5. The van der Waals surface area contributed by atoms with Gasteiger partial charge in [0.2, 0.25) is 5.92 Å². The van der Waals surface area contributed by atoms with Crippen molar-refractivity contribution >= 4 is 28.8 Å². The normalized spacial score (nSPS) is 19.4. The van der Waals surface area contributed by atoms with E-state index in [1.807, 2.05) is 35.9 Å². The predicted molar refractivity (Wildman–Crippen MR) is 123 cm³/mol. The average Bonchev–Trinajstić information content (AvgIpc) is 3.17. The highest BCUT2D eigenvalue weighted by Crippen LogP contribution is 2.38. The number of halogens is 2. The van der Waals surface area contributed by atoms with E-state index in [4.69, 9.17) is 15.2 Å². The Balaban J connectivity index is 1.42. The summed E-state index contributed by atoms with van der Waals surface area (Å²) in [6.45, 7) is 1.07. The molecule has 1 aliphatic heterocycles. The number of nitrogens with two attached hydrogens (primary N) is 1. The number of methoxy groups -OCH3 is 1. The standard InChI is InChI=1S/C24H30F2N4O5/c1-28-18-14-17(34-2)4-3-16(18)13-19(28)21(31)29-9-11-30(12-10-29)22(32)20(35-23(27)33)15-5-7-24(25,26)8-6-15/h3-4,13-15,20H,5-12H2,1-2H3,(H2,27,33)/t20-/m0/s1. The molecule has 3 amide bonds. The zero-order chi connectivity index (χ0) is 25.3. The number of amides is 3. The molecule has 1 saturated carbocycles. The highest BCUT2D eigenvalue weighted by molar-refractivity contribution is 5.99. The molecule has 0 unspecified atom stereocenters. The minimum Gasteiger partial charge on any atom is -0.497 e. The third-order valence-electron chi connectivity index (χ3n) is 7.03. The van der Waals surface area contributed by atoms with Gasteiger partial charge in [-0.15, -0.1) is 0 Å². The number of aryl methyl sites for hydroxylation is 1. The number of piperazine rings is 1. The summed E-state index contributed by atoms with van der Waals surface area (Å²) >= 11 is 0. The largest absolute Gasteiger partial charge is 0.497 e. The van der Waals surface area contributed by atoms with Crippen molar-refractivity contribution in [3.05, 3.63) is 30.0 Å². The zero-order valence-electron chi connectivity index (χ0n) is 19.8. The summed E-state index contributed by atoms with van der Waals surface area (Å²) in [4.78, 5) is 41.0. The maximum atomic E-state index is 13.6. The monoisotopic (exact) mass is 492 g/mol. The van der Waals surface area contributed by atoms with Crippen molar-refractivity contribution in [1.82, 2.24) is 14.4 Å². The molecule has 1 atom stereocenters. The zero-order valence-corrected chi connectivity index (χ0v) is 19.8. The summed E-state index contributed by atoms with van der Waals surface area (Å²) in [6, 6.07) is 7.41. The van der Waals surface area contributed by atoms with Crippen molar-refractivity contribution in [3.8, 4) is 5.75 Å². The van der Waals surface area contributed by atoms with E-state index < -0.39 is 29.9 Å². The first kappa shape index (κ1) is 24.7. The first-order chi connectivity index (χ1) is 16.6. The van der Waals surface area contributed by atoms with Crippen molar-refractivity contribution in [2.45, 2.75) is 37.7 Å². The molecule has 2 N–H and O–H groups in total. The number of ether oxygens (including phenoxy) is 2. The van der Waals surface area contributed by atoms with Gasteiger partial charge in [-0.1, -0.05) is 0 Å².